The molecule has 1 rings (SSSR count). The number of hydrogen-bond donors (Lipinski definition) is 1. The Hall–Kier alpha value is -2.25. The van der Waals surface area contributed by atoms with Crippen molar-refractivity contribution in [3.05, 3.63) is 35.5 Å². The Labute approximate surface area is 178 Å². The molecule has 0 aromatic carbocycles. The molecule has 1 saturated heterocycles. The molecule has 0 aromatic rings. The Morgan fingerprint density at radius 2 is 1.83 bits per heavy atom. The molecule has 168 valence electrons. The number of ether oxygens (including phenoxy) is 3. The lowest BCUT2D eigenvalue weighted by Crippen LogP contribution is -2.47. The summed E-state index contributed by atoms with van der Waals surface area (Å²) in [5.41, 5.74) is 2.52. The first kappa shape index (κ1) is 25.8. The fourth-order valence-corrected chi connectivity index (χ4v) is 3.63. The SMILES string of the molecule is C=C(CCCC(C)=O)[C@@H]1[C@@H](OC(C)=O)O[C@H](OC)/C(=C/CC=C(C)C)[C@H]1CC(=O)O. The second-order valence-corrected chi connectivity index (χ2v) is 7.85. The summed E-state index contributed by atoms with van der Waals surface area (Å²) in [6.07, 6.45) is 3.99. The Balaban J connectivity index is 3.33. The Bertz CT molecular complexity index is 700. The molecular weight excluding hydrogens is 388 g/mol. The van der Waals surface area contributed by atoms with Crippen molar-refractivity contribution in [3.63, 3.8) is 0 Å². The van der Waals surface area contributed by atoms with E-state index in [4.69, 9.17) is 14.2 Å². The Morgan fingerprint density at radius 3 is 2.33 bits per heavy atom. The second kappa shape index (κ2) is 12.4. The number of allylic oxidation sites excluding steroid dienone is 3. The van der Waals surface area contributed by atoms with Crippen LogP contribution in [0, 0.1) is 11.8 Å². The van der Waals surface area contributed by atoms with Crippen LogP contribution in [0.5, 0.6) is 0 Å². The minimum absolute atomic E-state index is 0.0723. The van der Waals surface area contributed by atoms with Crippen LogP contribution in [-0.4, -0.2) is 42.5 Å². The molecule has 4 atom stereocenters. The van der Waals surface area contributed by atoms with Crippen LogP contribution >= 0.6 is 0 Å². The molecule has 1 aliphatic heterocycles. The topological polar surface area (TPSA) is 99.1 Å². The first-order chi connectivity index (χ1) is 14.1. The molecule has 1 fully saturated rings. The molecule has 1 aliphatic rings. The number of carbonyl (C=O) groups is 3. The Morgan fingerprint density at radius 1 is 1.17 bits per heavy atom. The predicted molar refractivity (Wildman–Crippen MR) is 112 cm³/mol. The van der Waals surface area contributed by atoms with E-state index in [0.717, 1.165) is 5.57 Å². The molecule has 0 bridgehead atoms. The van der Waals surface area contributed by atoms with Crippen molar-refractivity contribution in [3.8, 4) is 0 Å². The number of carboxylic acid groups (broad SMARTS) is 1. The van der Waals surface area contributed by atoms with Crippen LogP contribution in [0.25, 0.3) is 0 Å². The first-order valence-electron chi connectivity index (χ1n) is 10.1. The smallest absolute Gasteiger partial charge is 0.304 e. The van der Waals surface area contributed by atoms with Crippen molar-refractivity contribution >= 4 is 17.7 Å². The van der Waals surface area contributed by atoms with Gasteiger partial charge in [0.1, 0.15) is 5.78 Å². The van der Waals surface area contributed by atoms with Crippen molar-refractivity contribution in [1.82, 2.24) is 0 Å². The maximum Gasteiger partial charge on any atom is 0.304 e. The quantitative estimate of drug-likeness (QED) is 0.394. The van der Waals surface area contributed by atoms with Gasteiger partial charge in [-0.2, -0.15) is 0 Å². The first-order valence-corrected chi connectivity index (χ1v) is 10.1. The highest BCUT2D eigenvalue weighted by Gasteiger charge is 2.45. The van der Waals surface area contributed by atoms with Gasteiger partial charge in [-0.05, 0) is 45.6 Å². The van der Waals surface area contributed by atoms with Gasteiger partial charge < -0.3 is 24.1 Å². The molecule has 0 spiro atoms. The molecule has 0 aromatic heterocycles. The van der Waals surface area contributed by atoms with Crippen LogP contribution in [0.3, 0.4) is 0 Å². The van der Waals surface area contributed by atoms with E-state index in [-0.39, 0.29) is 12.2 Å². The highest BCUT2D eigenvalue weighted by molar-refractivity contribution is 5.75. The average molecular weight is 423 g/mol. The van der Waals surface area contributed by atoms with E-state index in [2.05, 4.69) is 6.58 Å². The summed E-state index contributed by atoms with van der Waals surface area (Å²) >= 11 is 0. The summed E-state index contributed by atoms with van der Waals surface area (Å²) in [7, 11) is 1.46. The molecule has 7 nitrogen and oxygen atoms in total. The number of aliphatic carboxylic acids is 1. The van der Waals surface area contributed by atoms with E-state index in [1.54, 1.807) is 0 Å². The number of rotatable bonds is 11. The minimum atomic E-state index is -1.01. The summed E-state index contributed by atoms with van der Waals surface area (Å²) in [5, 5.41) is 9.57. The molecule has 30 heavy (non-hydrogen) atoms. The number of esters is 1. The normalized spacial score (nSPS) is 24.9. The third kappa shape index (κ3) is 8.24. The van der Waals surface area contributed by atoms with E-state index in [1.165, 1.54) is 21.0 Å². The fourth-order valence-electron chi connectivity index (χ4n) is 3.63. The van der Waals surface area contributed by atoms with Crippen LogP contribution < -0.4 is 0 Å². The fraction of sp³-hybridized carbons (Fsp3) is 0.609. The van der Waals surface area contributed by atoms with Gasteiger partial charge in [0.15, 0.2) is 6.29 Å². The van der Waals surface area contributed by atoms with Crippen molar-refractivity contribution in [2.24, 2.45) is 11.8 Å². The molecule has 1 heterocycles. The zero-order chi connectivity index (χ0) is 22.8. The van der Waals surface area contributed by atoms with Gasteiger partial charge in [0.25, 0.3) is 0 Å². The van der Waals surface area contributed by atoms with E-state index >= 15 is 0 Å². The van der Waals surface area contributed by atoms with Gasteiger partial charge in [-0.25, -0.2) is 0 Å². The number of ketones is 1. The molecule has 0 radical (unpaired) electrons. The molecular formula is C23H34O7. The number of methoxy groups -OCH3 is 1. The van der Waals surface area contributed by atoms with Crippen molar-refractivity contribution in [2.45, 2.75) is 72.4 Å². The van der Waals surface area contributed by atoms with Crippen LogP contribution in [-0.2, 0) is 28.6 Å². The maximum absolute atomic E-state index is 11.7. The molecule has 7 heteroatoms. The van der Waals surface area contributed by atoms with Crippen molar-refractivity contribution in [1.29, 1.82) is 0 Å². The lowest BCUT2D eigenvalue weighted by Gasteiger charge is -2.43. The monoisotopic (exact) mass is 422 g/mol. The molecule has 0 unspecified atom stereocenters. The number of hydrogen-bond acceptors (Lipinski definition) is 6. The summed E-state index contributed by atoms with van der Waals surface area (Å²) in [6, 6.07) is 0. The average Bonchev–Trinajstić information content (AvgIpc) is 2.61. The van der Waals surface area contributed by atoms with Crippen LogP contribution in [0.15, 0.2) is 35.5 Å². The van der Waals surface area contributed by atoms with Gasteiger partial charge in [0.2, 0.25) is 6.29 Å². The summed E-state index contributed by atoms with van der Waals surface area (Å²) in [4.78, 5) is 34.7. The van der Waals surface area contributed by atoms with Gasteiger partial charge in [-0.1, -0.05) is 29.9 Å². The largest absolute Gasteiger partial charge is 0.481 e. The number of carbonyl (C=O) groups excluding carboxylic acids is 2. The second-order valence-electron chi connectivity index (χ2n) is 7.85. The van der Waals surface area contributed by atoms with E-state index in [9.17, 15) is 19.5 Å². The number of carboxylic acids is 1. The molecule has 0 saturated carbocycles. The molecule has 0 aliphatic carbocycles. The van der Waals surface area contributed by atoms with E-state index in [1.807, 2.05) is 26.0 Å². The van der Waals surface area contributed by atoms with E-state index < -0.39 is 36.4 Å². The summed E-state index contributed by atoms with van der Waals surface area (Å²) < 4.78 is 16.8. The molecule has 0 amide bonds. The highest BCUT2D eigenvalue weighted by atomic mass is 16.8. The summed E-state index contributed by atoms with van der Waals surface area (Å²) in [6.45, 7) is 10.9. The van der Waals surface area contributed by atoms with Gasteiger partial charge in [-0.15, -0.1) is 0 Å². The number of Topliss-reactive ketones (excluding diaryl/α,β-unsaturated/α-hetero) is 1. The predicted octanol–water partition coefficient (Wildman–Crippen LogP) is 4.18. The van der Waals surface area contributed by atoms with Crippen molar-refractivity contribution in [2.75, 3.05) is 7.11 Å². The third-order valence-electron chi connectivity index (χ3n) is 4.95. The lowest BCUT2D eigenvalue weighted by molar-refractivity contribution is -0.257. The third-order valence-corrected chi connectivity index (χ3v) is 4.95. The maximum atomic E-state index is 11.7. The van der Waals surface area contributed by atoms with Crippen molar-refractivity contribution < 1.29 is 33.7 Å². The Kier molecular flexibility index (Phi) is 10.7. The summed E-state index contributed by atoms with van der Waals surface area (Å²) in [5.74, 6) is -2.51. The van der Waals surface area contributed by atoms with Gasteiger partial charge in [-0.3, -0.25) is 9.59 Å². The lowest BCUT2D eigenvalue weighted by atomic mass is 9.75. The van der Waals surface area contributed by atoms with Crippen LogP contribution in [0.4, 0.5) is 0 Å². The minimum Gasteiger partial charge on any atom is -0.481 e. The van der Waals surface area contributed by atoms with Gasteiger partial charge >= 0.3 is 11.9 Å². The van der Waals surface area contributed by atoms with Crippen LogP contribution in [0.1, 0.15) is 59.8 Å². The van der Waals surface area contributed by atoms with E-state index in [0.29, 0.717) is 36.8 Å². The highest BCUT2D eigenvalue weighted by Crippen LogP contribution is 2.43. The molecule has 1 N–H and O–H groups in total. The van der Waals surface area contributed by atoms with Crippen LogP contribution in [0.2, 0.25) is 0 Å². The zero-order valence-corrected chi connectivity index (χ0v) is 18.6. The standard InChI is InChI=1S/C23H34O7/c1-14(2)9-7-12-18-19(13-20(26)27)21(15(3)10-8-11-16(4)24)23(29-17(5)25)30-22(18)28-6/h9,12,19,21-23H,3,7-8,10-11,13H2,1-2,4-6H3,(H,26,27)/b18-12+/t19-,21+,22+,23+/m1/s1. The zero-order valence-electron chi connectivity index (χ0n) is 18.6. The van der Waals surface area contributed by atoms with Gasteiger partial charge in [0.05, 0.1) is 6.42 Å². The van der Waals surface area contributed by atoms with Gasteiger partial charge in [0, 0.05) is 32.3 Å².